The molecule has 3 aromatic carbocycles. The van der Waals surface area contributed by atoms with Gasteiger partial charge in [0.25, 0.3) is 5.91 Å². The van der Waals surface area contributed by atoms with Crippen LogP contribution in [-0.4, -0.2) is 22.8 Å². The van der Waals surface area contributed by atoms with E-state index in [1.807, 2.05) is 24.3 Å². The number of benzene rings is 3. The van der Waals surface area contributed by atoms with Crippen molar-refractivity contribution in [2.75, 3.05) is 0 Å². The fourth-order valence-electron chi connectivity index (χ4n) is 3.86. The van der Waals surface area contributed by atoms with Crippen molar-refractivity contribution in [3.05, 3.63) is 106 Å². The molecule has 0 aliphatic rings. The first-order valence-electron chi connectivity index (χ1n) is 10.7. The minimum Gasteiger partial charge on any atom is -0.361 e. The van der Waals surface area contributed by atoms with E-state index in [0.717, 1.165) is 28.6 Å². The Morgan fingerprint density at radius 1 is 1.00 bits per heavy atom. The largest absolute Gasteiger partial charge is 0.361 e. The molecule has 0 aliphatic carbocycles. The van der Waals surface area contributed by atoms with Crippen LogP contribution in [0.2, 0.25) is 5.02 Å². The van der Waals surface area contributed by atoms with Gasteiger partial charge in [-0.3, -0.25) is 9.59 Å². The van der Waals surface area contributed by atoms with Crippen molar-refractivity contribution in [2.24, 2.45) is 0 Å². The SMILES string of the molecule is CC(NC(=O)[C@H](Cc1c[nH]c2ccccc12)NC(=O)c1ccccc1Cl)c1ccc(F)cc1F. The average molecular weight is 482 g/mol. The van der Waals surface area contributed by atoms with Crippen molar-refractivity contribution in [3.63, 3.8) is 0 Å². The van der Waals surface area contributed by atoms with Gasteiger partial charge in [-0.1, -0.05) is 48.0 Å². The maximum absolute atomic E-state index is 14.2. The molecule has 2 amide bonds. The number of carbonyl (C=O) groups is 2. The highest BCUT2D eigenvalue weighted by atomic mass is 35.5. The smallest absolute Gasteiger partial charge is 0.253 e. The molecule has 0 bridgehead atoms. The van der Waals surface area contributed by atoms with E-state index in [-0.39, 0.29) is 22.6 Å². The fraction of sp³-hybridized carbons (Fsp3) is 0.154. The molecule has 0 aliphatic heterocycles. The van der Waals surface area contributed by atoms with Gasteiger partial charge in [-0.15, -0.1) is 0 Å². The number of hydrogen-bond acceptors (Lipinski definition) is 2. The number of fused-ring (bicyclic) bond motifs is 1. The third-order valence-corrected chi connectivity index (χ3v) is 5.96. The van der Waals surface area contributed by atoms with Gasteiger partial charge in [0, 0.05) is 35.2 Å². The highest BCUT2D eigenvalue weighted by Crippen LogP contribution is 2.22. The molecule has 0 saturated carbocycles. The Morgan fingerprint density at radius 3 is 2.50 bits per heavy atom. The van der Waals surface area contributed by atoms with Crippen molar-refractivity contribution < 1.29 is 18.4 Å². The van der Waals surface area contributed by atoms with Crippen molar-refractivity contribution in [3.8, 4) is 0 Å². The first-order chi connectivity index (χ1) is 16.3. The van der Waals surface area contributed by atoms with Crippen LogP contribution in [0.4, 0.5) is 8.78 Å². The Hall–Kier alpha value is -3.71. The molecule has 8 heteroatoms. The number of amides is 2. The minimum absolute atomic E-state index is 0.137. The summed E-state index contributed by atoms with van der Waals surface area (Å²) in [5.41, 5.74) is 2.10. The molecular weight excluding hydrogens is 460 g/mol. The zero-order valence-electron chi connectivity index (χ0n) is 18.2. The van der Waals surface area contributed by atoms with Crippen LogP contribution in [0.25, 0.3) is 10.9 Å². The second-order valence-electron chi connectivity index (χ2n) is 7.97. The number of hydrogen-bond donors (Lipinski definition) is 3. The summed E-state index contributed by atoms with van der Waals surface area (Å²) in [6.45, 7) is 1.59. The normalized spacial score (nSPS) is 12.8. The van der Waals surface area contributed by atoms with E-state index in [9.17, 15) is 18.4 Å². The van der Waals surface area contributed by atoms with E-state index in [1.165, 1.54) is 6.07 Å². The average Bonchev–Trinajstić information content (AvgIpc) is 3.21. The minimum atomic E-state index is -0.978. The first-order valence-corrected chi connectivity index (χ1v) is 11.1. The number of halogens is 3. The van der Waals surface area contributed by atoms with Crippen LogP contribution in [0.1, 0.15) is 34.5 Å². The molecule has 0 fully saturated rings. The number of carbonyl (C=O) groups excluding carboxylic acids is 2. The van der Waals surface area contributed by atoms with Crippen LogP contribution in [0.15, 0.2) is 72.9 Å². The molecule has 0 radical (unpaired) electrons. The van der Waals surface area contributed by atoms with E-state index < -0.39 is 35.5 Å². The summed E-state index contributed by atoms with van der Waals surface area (Å²) >= 11 is 6.16. The molecule has 5 nitrogen and oxygen atoms in total. The third kappa shape index (κ3) is 5.10. The maximum Gasteiger partial charge on any atom is 0.253 e. The Labute approximate surface area is 200 Å². The lowest BCUT2D eigenvalue weighted by Crippen LogP contribution is -2.48. The Balaban J connectivity index is 1.60. The van der Waals surface area contributed by atoms with Gasteiger partial charge in [0.15, 0.2) is 0 Å². The Morgan fingerprint density at radius 2 is 1.74 bits per heavy atom. The molecule has 2 atom stereocenters. The van der Waals surface area contributed by atoms with E-state index >= 15 is 0 Å². The number of H-pyrrole nitrogens is 1. The number of aromatic amines is 1. The highest BCUT2D eigenvalue weighted by Gasteiger charge is 2.26. The van der Waals surface area contributed by atoms with Crippen LogP contribution < -0.4 is 10.6 Å². The Kier molecular flexibility index (Phi) is 6.93. The molecule has 4 aromatic rings. The zero-order chi connectivity index (χ0) is 24.2. The van der Waals surface area contributed by atoms with Gasteiger partial charge in [0.1, 0.15) is 17.7 Å². The number of para-hydroxylation sites is 1. The summed E-state index contributed by atoms with van der Waals surface area (Å²) < 4.78 is 27.5. The second kappa shape index (κ2) is 10.1. The molecular formula is C26H22ClF2N3O2. The second-order valence-corrected chi connectivity index (χ2v) is 8.37. The van der Waals surface area contributed by atoms with E-state index in [0.29, 0.717) is 0 Å². The van der Waals surface area contributed by atoms with Gasteiger partial charge in [-0.2, -0.15) is 0 Å². The van der Waals surface area contributed by atoms with Gasteiger partial charge < -0.3 is 15.6 Å². The molecule has 1 heterocycles. The molecule has 174 valence electrons. The molecule has 34 heavy (non-hydrogen) atoms. The molecule has 0 saturated heterocycles. The van der Waals surface area contributed by atoms with Crippen molar-refractivity contribution in [2.45, 2.75) is 25.4 Å². The monoisotopic (exact) mass is 481 g/mol. The van der Waals surface area contributed by atoms with Crippen molar-refractivity contribution in [1.82, 2.24) is 15.6 Å². The summed E-state index contributed by atoms with van der Waals surface area (Å²) in [6, 6.07) is 15.6. The summed E-state index contributed by atoms with van der Waals surface area (Å²) in [4.78, 5) is 29.3. The molecule has 3 N–H and O–H groups in total. The summed E-state index contributed by atoms with van der Waals surface area (Å²) in [5, 5.41) is 6.66. The Bertz CT molecular complexity index is 1350. The predicted octanol–water partition coefficient (Wildman–Crippen LogP) is 5.32. The number of nitrogens with one attached hydrogen (secondary N) is 3. The topological polar surface area (TPSA) is 74.0 Å². The van der Waals surface area contributed by atoms with E-state index in [2.05, 4.69) is 15.6 Å². The lowest BCUT2D eigenvalue weighted by atomic mass is 10.0. The van der Waals surface area contributed by atoms with Crippen molar-refractivity contribution >= 4 is 34.3 Å². The number of aromatic nitrogens is 1. The molecule has 1 aromatic heterocycles. The van der Waals surface area contributed by atoms with Crippen LogP contribution >= 0.6 is 11.6 Å². The lowest BCUT2D eigenvalue weighted by Gasteiger charge is -2.22. The fourth-order valence-corrected chi connectivity index (χ4v) is 4.08. The molecule has 1 unspecified atom stereocenters. The van der Waals surface area contributed by atoms with E-state index in [1.54, 1.807) is 37.4 Å². The van der Waals surface area contributed by atoms with Crippen LogP contribution in [0.5, 0.6) is 0 Å². The van der Waals surface area contributed by atoms with Gasteiger partial charge >= 0.3 is 0 Å². The third-order valence-electron chi connectivity index (χ3n) is 5.63. The predicted molar refractivity (Wildman–Crippen MR) is 128 cm³/mol. The lowest BCUT2D eigenvalue weighted by molar-refractivity contribution is -0.123. The van der Waals surface area contributed by atoms with E-state index in [4.69, 9.17) is 11.6 Å². The van der Waals surface area contributed by atoms with Gasteiger partial charge in [-0.25, -0.2) is 8.78 Å². The number of rotatable bonds is 7. The molecule has 4 rings (SSSR count). The first kappa shape index (κ1) is 23.4. The summed E-state index contributed by atoms with van der Waals surface area (Å²) in [7, 11) is 0. The molecule has 0 spiro atoms. The zero-order valence-corrected chi connectivity index (χ0v) is 19.0. The highest BCUT2D eigenvalue weighted by molar-refractivity contribution is 6.33. The van der Waals surface area contributed by atoms with Crippen LogP contribution in [-0.2, 0) is 11.2 Å². The van der Waals surface area contributed by atoms with Crippen LogP contribution in [0, 0.1) is 11.6 Å². The summed E-state index contributed by atoms with van der Waals surface area (Å²) in [6.07, 6.45) is 1.97. The van der Waals surface area contributed by atoms with Crippen LogP contribution in [0.3, 0.4) is 0 Å². The maximum atomic E-state index is 14.2. The summed E-state index contributed by atoms with van der Waals surface area (Å²) in [5.74, 6) is -2.49. The van der Waals surface area contributed by atoms with Gasteiger partial charge in [-0.05, 0) is 36.8 Å². The standard InChI is InChI=1S/C26H22ClF2N3O2/c1-15(18-11-10-17(28)13-22(18)29)31-26(34)24(32-25(33)20-7-2-4-8-21(20)27)12-16-14-30-23-9-5-3-6-19(16)23/h2-11,13-15,24,30H,12H2,1H3,(H,31,34)(H,32,33)/t15?,24-/m0/s1. The quantitative estimate of drug-likeness (QED) is 0.334. The van der Waals surface area contributed by atoms with Gasteiger partial charge in [0.2, 0.25) is 5.91 Å². The van der Waals surface area contributed by atoms with Gasteiger partial charge in [0.05, 0.1) is 16.6 Å². The van der Waals surface area contributed by atoms with Crippen molar-refractivity contribution in [1.29, 1.82) is 0 Å².